The van der Waals surface area contributed by atoms with Gasteiger partial charge in [-0.1, -0.05) is 0 Å². The second kappa shape index (κ2) is 2.98. The molecule has 0 fully saturated rings. The summed E-state index contributed by atoms with van der Waals surface area (Å²) in [6.07, 6.45) is -2.69. The van der Waals surface area contributed by atoms with Gasteiger partial charge in [-0.2, -0.15) is 13.2 Å². The lowest BCUT2D eigenvalue weighted by Crippen LogP contribution is -2.09. The number of alkyl halides is 3. The van der Waals surface area contributed by atoms with Crippen LogP contribution in [0, 0.1) is 6.92 Å². The normalized spacial score (nSPS) is 12.3. The van der Waals surface area contributed by atoms with Crippen LogP contribution in [0.4, 0.5) is 13.2 Å². The molecule has 0 atom stereocenters. The average Bonchev–Trinajstić information content (AvgIpc) is 2.47. The fourth-order valence-electron chi connectivity index (χ4n) is 1.54. The lowest BCUT2D eigenvalue weighted by atomic mass is 10.2. The van der Waals surface area contributed by atoms with Crippen LogP contribution in [0.5, 0.6) is 0 Å². The van der Waals surface area contributed by atoms with E-state index in [0.717, 1.165) is 11.5 Å². The smallest absolute Gasteiger partial charge is 0.336 e. The second-order valence-corrected chi connectivity index (χ2v) is 3.49. The number of aryl methyl sites for hydroxylation is 2. The van der Waals surface area contributed by atoms with Gasteiger partial charge in [-0.25, -0.2) is 4.98 Å². The minimum absolute atomic E-state index is 0.363. The highest BCUT2D eigenvalue weighted by Crippen LogP contribution is 2.30. The molecule has 0 unspecified atom stereocenters. The minimum atomic E-state index is -4.39. The molecule has 0 spiro atoms. The van der Waals surface area contributed by atoms with Gasteiger partial charge >= 0.3 is 6.18 Å². The number of halogens is 3. The highest BCUT2D eigenvalue weighted by atomic mass is 19.4. The topological polar surface area (TPSA) is 17.8 Å². The molecule has 2 nitrogen and oxygen atoms in total. The first kappa shape index (κ1) is 10.0. The zero-order valence-corrected chi connectivity index (χ0v) is 8.26. The molecule has 0 aromatic carbocycles. The van der Waals surface area contributed by atoms with Crippen molar-refractivity contribution < 1.29 is 13.2 Å². The van der Waals surface area contributed by atoms with Gasteiger partial charge in [0.05, 0.1) is 0 Å². The van der Waals surface area contributed by atoms with Crippen LogP contribution in [0.1, 0.15) is 11.3 Å². The van der Waals surface area contributed by atoms with Gasteiger partial charge in [0.15, 0.2) is 0 Å². The molecule has 0 N–H and O–H groups in total. The first-order valence-corrected chi connectivity index (χ1v) is 4.39. The fourth-order valence-corrected chi connectivity index (χ4v) is 1.54. The van der Waals surface area contributed by atoms with E-state index < -0.39 is 11.9 Å². The molecule has 80 valence electrons. The maximum absolute atomic E-state index is 12.5. The van der Waals surface area contributed by atoms with Crippen molar-refractivity contribution in [1.29, 1.82) is 0 Å². The molecule has 0 aliphatic heterocycles. The van der Waals surface area contributed by atoms with Crippen molar-refractivity contribution in [2.75, 3.05) is 0 Å². The third-order valence-corrected chi connectivity index (χ3v) is 2.33. The molecule has 2 rings (SSSR count). The van der Waals surface area contributed by atoms with Crippen LogP contribution in [0.25, 0.3) is 11.0 Å². The molecule has 2 aromatic heterocycles. The molecule has 15 heavy (non-hydrogen) atoms. The second-order valence-electron chi connectivity index (χ2n) is 3.49. The minimum Gasteiger partial charge on any atom is -0.336 e. The van der Waals surface area contributed by atoms with Gasteiger partial charge in [0.2, 0.25) is 0 Å². The molecule has 2 aromatic rings. The Morgan fingerprint density at radius 3 is 2.60 bits per heavy atom. The first-order valence-electron chi connectivity index (χ1n) is 4.39. The predicted molar refractivity (Wildman–Crippen MR) is 50.5 cm³/mol. The Morgan fingerprint density at radius 2 is 2.00 bits per heavy atom. The summed E-state index contributed by atoms with van der Waals surface area (Å²) >= 11 is 0. The number of fused-ring (bicyclic) bond motifs is 1. The largest absolute Gasteiger partial charge is 0.433 e. The molecule has 0 aliphatic carbocycles. The van der Waals surface area contributed by atoms with E-state index in [9.17, 15) is 13.2 Å². The van der Waals surface area contributed by atoms with Crippen molar-refractivity contribution in [3.05, 3.63) is 29.6 Å². The number of hydrogen-bond acceptors (Lipinski definition) is 1. The summed E-state index contributed by atoms with van der Waals surface area (Å²) in [5.74, 6) is 0. The number of hydrogen-bond donors (Lipinski definition) is 0. The Kier molecular flexibility index (Phi) is 1.99. The van der Waals surface area contributed by atoms with Crippen LogP contribution in [-0.2, 0) is 13.2 Å². The summed E-state index contributed by atoms with van der Waals surface area (Å²) in [6.45, 7) is 1.65. The molecular weight excluding hydrogens is 205 g/mol. The first-order chi connectivity index (χ1) is 6.89. The molecular formula is C10H9F3N2. The van der Waals surface area contributed by atoms with Crippen molar-refractivity contribution in [3.63, 3.8) is 0 Å². The van der Waals surface area contributed by atoms with Crippen LogP contribution < -0.4 is 0 Å². The van der Waals surface area contributed by atoms with Crippen LogP contribution in [-0.4, -0.2) is 9.55 Å². The highest BCUT2D eigenvalue weighted by Gasteiger charge is 2.33. The summed E-state index contributed by atoms with van der Waals surface area (Å²) in [6, 6.07) is 2.83. The highest BCUT2D eigenvalue weighted by molar-refractivity contribution is 5.80. The number of pyridine rings is 1. The van der Waals surface area contributed by atoms with E-state index in [-0.39, 0.29) is 0 Å². The maximum atomic E-state index is 12.5. The molecule has 0 aliphatic rings. The summed E-state index contributed by atoms with van der Waals surface area (Å²) in [5, 5.41) is 0.755. The lowest BCUT2D eigenvalue weighted by molar-refractivity contribution is -0.141. The Morgan fingerprint density at radius 1 is 1.33 bits per heavy atom. The third-order valence-electron chi connectivity index (χ3n) is 2.33. The van der Waals surface area contributed by atoms with Crippen LogP contribution >= 0.6 is 0 Å². The van der Waals surface area contributed by atoms with Crippen molar-refractivity contribution in [1.82, 2.24) is 9.55 Å². The van der Waals surface area contributed by atoms with Gasteiger partial charge < -0.3 is 4.57 Å². The molecule has 0 saturated carbocycles. The summed E-state index contributed by atoms with van der Waals surface area (Å²) in [5.41, 5.74) is 0.115. The Hall–Kier alpha value is -1.52. The zero-order valence-electron chi connectivity index (χ0n) is 8.26. The molecule has 2 heterocycles. The summed E-state index contributed by atoms with van der Waals surface area (Å²) in [4.78, 5) is 3.60. The lowest BCUT2D eigenvalue weighted by Gasteiger charge is -2.07. The van der Waals surface area contributed by atoms with Gasteiger partial charge in [-0.05, 0) is 24.6 Å². The van der Waals surface area contributed by atoms with E-state index in [2.05, 4.69) is 4.98 Å². The van der Waals surface area contributed by atoms with E-state index in [4.69, 9.17) is 0 Å². The number of rotatable bonds is 0. The zero-order chi connectivity index (χ0) is 11.2. The van der Waals surface area contributed by atoms with Crippen molar-refractivity contribution in [3.8, 4) is 0 Å². The quantitative estimate of drug-likeness (QED) is 0.659. The standard InChI is InChI=1S/C10H9F3N2/c1-6-5-8(10(11,12)13)14-9-7(6)3-4-15(9)2/h3-5H,1-2H3. The Balaban J connectivity index is 2.76. The summed E-state index contributed by atoms with van der Waals surface area (Å²) < 4.78 is 39.0. The molecule has 0 bridgehead atoms. The number of nitrogens with zero attached hydrogens (tertiary/aromatic N) is 2. The van der Waals surface area contributed by atoms with Gasteiger partial charge in [-0.15, -0.1) is 0 Å². The van der Waals surface area contributed by atoms with Crippen molar-refractivity contribution in [2.24, 2.45) is 7.05 Å². The van der Waals surface area contributed by atoms with Crippen molar-refractivity contribution >= 4 is 11.0 Å². The number of aromatic nitrogens is 2. The van der Waals surface area contributed by atoms with E-state index in [1.165, 1.54) is 0 Å². The van der Waals surface area contributed by atoms with Crippen LogP contribution in [0.15, 0.2) is 18.3 Å². The van der Waals surface area contributed by atoms with Gasteiger partial charge in [0, 0.05) is 18.6 Å². The average molecular weight is 214 g/mol. The van der Waals surface area contributed by atoms with E-state index in [1.54, 1.807) is 30.8 Å². The maximum Gasteiger partial charge on any atom is 0.433 e. The van der Waals surface area contributed by atoms with Gasteiger partial charge in [0.1, 0.15) is 11.3 Å². The van der Waals surface area contributed by atoms with E-state index in [1.807, 2.05) is 0 Å². The van der Waals surface area contributed by atoms with Gasteiger partial charge in [-0.3, -0.25) is 0 Å². The van der Waals surface area contributed by atoms with E-state index in [0.29, 0.717) is 11.2 Å². The van der Waals surface area contributed by atoms with Crippen LogP contribution in [0.3, 0.4) is 0 Å². The fraction of sp³-hybridized carbons (Fsp3) is 0.300. The predicted octanol–water partition coefficient (Wildman–Crippen LogP) is 2.90. The van der Waals surface area contributed by atoms with Crippen molar-refractivity contribution in [2.45, 2.75) is 13.1 Å². The van der Waals surface area contributed by atoms with E-state index >= 15 is 0 Å². The Bertz CT molecular complexity index is 511. The summed E-state index contributed by atoms with van der Waals surface area (Å²) in [7, 11) is 1.68. The van der Waals surface area contributed by atoms with Gasteiger partial charge in [0.25, 0.3) is 0 Å². The van der Waals surface area contributed by atoms with Crippen LogP contribution in [0.2, 0.25) is 0 Å². The SMILES string of the molecule is Cc1cc(C(F)(F)F)nc2c1ccn2C. The molecule has 0 radical (unpaired) electrons. The molecule has 5 heteroatoms. The molecule has 0 amide bonds. The third kappa shape index (κ3) is 1.58. The monoisotopic (exact) mass is 214 g/mol. The Labute approximate surface area is 84.3 Å². The molecule has 0 saturated heterocycles.